The molecule has 2 aromatic carbocycles. The van der Waals surface area contributed by atoms with E-state index in [0.717, 1.165) is 11.1 Å². The van der Waals surface area contributed by atoms with Crippen LogP contribution in [0.2, 0.25) is 0 Å². The average Bonchev–Trinajstić information content (AvgIpc) is 3.23. The molecule has 7 nitrogen and oxygen atoms in total. The highest BCUT2D eigenvalue weighted by molar-refractivity contribution is 5.98. The summed E-state index contributed by atoms with van der Waals surface area (Å²) in [6.07, 6.45) is 1.66. The SMILES string of the molecule is O=C(NCc1ccnc(OCc2ccccc2)c1)c1cccc(N2CCNC2=O)c1. The van der Waals surface area contributed by atoms with E-state index >= 15 is 0 Å². The quantitative estimate of drug-likeness (QED) is 0.636. The van der Waals surface area contributed by atoms with Crippen LogP contribution >= 0.6 is 0 Å². The third kappa shape index (κ3) is 4.75. The third-order valence-corrected chi connectivity index (χ3v) is 4.76. The number of anilines is 1. The van der Waals surface area contributed by atoms with Crippen LogP contribution in [0.3, 0.4) is 0 Å². The van der Waals surface area contributed by atoms with Gasteiger partial charge < -0.3 is 15.4 Å². The van der Waals surface area contributed by atoms with E-state index in [1.807, 2.05) is 48.5 Å². The molecule has 1 aliphatic rings. The van der Waals surface area contributed by atoms with E-state index < -0.39 is 0 Å². The molecular formula is C23H22N4O3. The Labute approximate surface area is 174 Å². The van der Waals surface area contributed by atoms with Crippen molar-refractivity contribution in [3.63, 3.8) is 0 Å². The maximum Gasteiger partial charge on any atom is 0.321 e. The Morgan fingerprint density at radius 1 is 1.07 bits per heavy atom. The van der Waals surface area contributed by atoms with Gasteiger partial charge in [0, 0.05) is 43.1 Å². The lowest BCUT2D eigenvalue weighted by Crippen LogP contribution is -2.28. The number of rotatable bonds is 7. The summed E-state index contributed by atoms with van der Waals surface area (Å²) in [6, 6.07) is 20.4. The monoisotopic (exact) mass is 402 g/mol. The Kier molecular flexibility index (Phi) is 5.89. The molecule has 0 atom stereocenters. The van der Waals surface area contributed by atoms with Crippen LogP contribution in [0, 0.1) is 0 Å². The number of nitrogens with one attached hydrogen (secondary N) is 2. The van der Waals surface area contributed by atoms with Gasteiger partial charge in [0.1, 0.15) is 6.61 Å². The third-order valence-electron chi connectivity index (χ3n) is 4.76. The molecule has 3 aromatic rings. The molecule has 1 saturated heterocycles. The number of nitrogens with zero attached hydrogens (tertiary/aromatic N) is 2. The van der Waals surface area contributed by atoms with Gasteiger partial charge in [0.05, 0.1) is 0 Å². The Balaban J connectivity index is 1.35. The summed E-state index contributed by atoms with van der Waals surface area (Å²) in [4.78, 5) is 30.3. The fourth-order valence-electron chi connectivity index (χ4n) is 3.19. The molecule has 0 spiro atoms. The second-order valence-corrected chi connectivity index (χ2v) is 6.89. The van der Waals surface area contributed by atoms with E-state index in [1.165, 1.54) is 0 Å². The van der Waals surface area contributed by atoms with Crippen molar-refractivity contribution in [1.29, 1.82) is 0 Å². The molecule has 2 N–H and O–H groups in total. The van der Waals surface area contributed by atoms with Crippen molar-refractivity contribution in [1.82, 2.24) is 15.6 Å². The Morgan fingerprint density at radius 3 is 2.73 bits per heavy atom. The molecular weight excluding hydrogens is 380 g/mol. The van der Waals surface area contributed by atoms with E-state index in [1.54, 1.807) is 29.3 Å². The van der Waals surface area contributed by atoms with Crippen molar-refractivity contribution >= 4 is 17.6 Å². The largest absolute Gasteiger partial charge is 0.473 e. The number of hydrogen-bond acceptors (Lipinski definition) is 4. The highest BCUT2D eigenvalue weighted by Crippen LogP contribution is 2.18. The molecule has 1 fully saturated rings. The number of ether oxygens (including phenoxy) is 1. The summed E-state index contributed by atoms with van der Waals surface area (Å²) < 4.78 is 5.74. The molecule has 7 heteroatoms. The van der Waals surface area contributed by atoms with Gasteiger partial charge in [-0.25, -0.2) is 9.78 Å². The summed E-state index contributed by atoms with van der Waals surface area (Å²) in [7, 11) is 0. The molecule has 4 rings (SSSR count). The van der Waals surface area contributed by atoms with Crippen molar-refractivity contribution in [2.24, 2.45) is 0 Å². The molecule has 0 aliphatic carbocycles. The van der Waals surface area contributed by atoms with Crippen LogP contribution in [0.5, 0.6) is 5.88 Å². The van der Waals surface area contributed by atoms with Gasteiger partial charge in [-0.05, 0) is 35.4 Å². The molecule has 3 amide bonds. The lowest BCUT2D eigenvalue weighted by Gasteiger charge is -2.15. The molecule has 30 heavy (non-hydrogen) atoms. The molecule has 152 valence electrons. The number of benzene rings is 2. The number of carbonyl (C=O) groups excluding carboxylic acids is 2. The minimum atomic E-state index is -0.208. The smallest absolute Gasteiger partial charge is 0.321 e. The van der Waals surface area contributed by atoms with E-state index in [4.69, 9.17) is 4.74 Å². The normalized spacial score (nSPS) is 13.1. The molecule has 2 heterocycles. The van der Waals surface area contributed by atoms with Gasteiger partial charge in [0.2, 0.25) is 5.88 Å². The van der Waals surface area contributed by atoms with E-state index in [0.29, 0.717) is 43.4 Å². The van der Waals surface area contributed by atoms with Crippen LogP contribution in [0.4, 0.5) is 10.5 Å². The molecule has 0 saturated carbocycles. The van der Waals surface area contributed by atoms with Gasteiger partial charge in [0.15, 0.2) is 0 Å². The fraction of sp³-hybridized carbons (Fsp3) is 0.174. The minimum Gasteiger partial charge on any atom is -0.473 e. The molecule has 0 unspecified atom stereocenters. The van der Waals surface area contributed by atoms with Gasteiger partial charge in [-0.2, -0.15) is 0 Å². The Morgan fingerprint density at radius 2 is 1.93 bits per heavy atom. The van der Waals surface area contributed by atoms with Crippen molar-refractivity contribution in [2.75, 3.05) is 18.0 Å². The number of aromatic nitrogens is 1. The first kappa shape index (κ1) is 19.4. The number of pyridine rings is 1. The number of urea groups is 1. The lowest BCUT2D eigenvalue weighted by atomic mass is 10.1. The lowest BCUT2D eigenvalue weighted by molar-refractivity contribution is 0.0950. The first-order valence-corrected chi connectivity index (χ1v) is 9.74. The Hall–Kier alpha value is -3.87. The maximum atomic E-state index is 12.6. The van der Waals surface area contributed by atoms with Crippen LogP contribution in [0.1, 0.15) is 21.5 Å². The predicted octanol–water partition coefficient (Wildman–Crippen LogP) is 3.12. The Bertz CT molecular complexity index is 1040. The summed E-state index contributed by atoms with van der Waals surface area (Å²) >= 11 is 0. The fourth-order valence-corrected chi connectivity index (χ4v) is 3.19. The van der Waals surface area contributed by atoms with Gasteiger partial charge in [-0.15, -0.1) is 0 Å². The van der Waals surface area contributed by atoms with Crippen molar-refractivity contribution < 1.29 is 14.3 Å². The number of carbonyl (C=O) groups is 2. The first-order valence-electron chi connectivity index (χ1n) is 9.74. The second kappa shape index (κ2) is 9.09. The number of hydrogen-bond donors (Lipinski definition) is 2. The molecule has 1 aliphatic heterocycles. The van der Waals surface area contributed by atoms with Crippen LogP contribution in [0.15, 0.2) is 72.9 Å². The zero-order valence-electron chi connectivity index (χ0n) is 16.4. The second-order valence-electron chi connectivity index (χ2n) is 6.89. The minimum absolute atomic E-state index is 0.146. The van der Waals surface area contributed by atoms with E-state index in [2.05, 4.69) is 15.6 Å². The predicted molar refractivity (Wildman–Crippen MR) is 113 cm³/mol. The van der Waals surface area contributed by atoms with Crippen molar-refractivity contribution in [3.8, 4) is 5.88 Å². The van der Waals surface area contributed by atoms with Crippen molar-refractivity contribution in [2.45, 2.75) is 13.2 Å². The summed E-state index contributed by atoms with van der Waals surface area (Å²) in [5.74, 6) is 0.299. The van der Waals surface area contributed by atoms with Gasteiger partial charge >= 0.3 is 6.03 Å². The van der Waals surface area contributed by atoms with Crippen molar-refractivity contribution in [3.05, 3.63) is 89.6 Å². The summed E-state index contributed by atoms with van der Waals surface area (Å²) in [5, 5.41) is 5.66. The average molecular weight is 402 g/mol. The van der Waals surface area contributed by atoms with Crippen LogP contribution in [-0.4, -0.2) is 30.0 Å². The molecule has 1 aromatic heterocycles. The van der Waals surface area contributed by atoms with Crippen LogP contribution in [-0.2, 0) is 13.2 Å². The topological polar surface area (TPSA) is 83.6 Å². The van der Waals surface area contributed by atoms with Gasteiger partial charge in [0.25, 0.3) is 5.91 Å². The van der Waals surface area contributed by atoms with Gasteiger partial charge in [-0.1, -0.05) is 36.4 Å². The van der Waals surface area contributed by atoms with Crippen LogP contribution in [0.25, 0.3) is 0 Å². The molecule has 0 bridgehead atoms. The zero-order valence-corrected chi connectivity index (χ0v) is 16.4. The highest BCUT2D eigenvalue weighted by atomic mass is 16.5. The van der Waals surface area contributed by atoms with E-state index in [9.17, 15) is 9.59 Å². The first-order chi connectivity index (χ1) is 14.7. The van der Waals surface area contributed by atoms with E-state index in [-0.39, 0.29) is 11.9 Å². The zero-order chi connectivity index (χ0) is 20.8. The maximum absolute atomic E-state index is 12.6. The van der Waals surface area contributed by atoms with Crippen LogP contribution < -0.4 is 20.3 Å². The molecule has 0 radical (unpaired) electrons. The summed E-state index contributed by atoms with van der Waals surface area (Å²) in [5.41, 5.74) is 3.15. The van der Waals surface area contributed by atoms with Gasteiger partial charge in [-0.3, -0.25) is 9.69 Å². The number of amides is 3. The summed E-state index contributed by atoms with van der Waals surface area (Å²) in [6.45, 7) is 1.97. The standard InChI is InChI=1S/C23H22N4O3/c28-22(19-7-4-8-20(14-19)27-12-11-25-23(27)29)26-15-18-9-10-24-21(13-18)30-16-17-5-2-1-3-6-17/h1-10,13-14H,11-12,15-16H2,(H,25,29)(H,26,28). The highest BCUT2D eigenvalue weighted by Gasteiger charge is 2.21.